The highest BCUT2D eigenvalue weighted by molar-refractivity contribution is 6.03. The number of carboxylic acids is 2. The molecule has 0 atom stereocenters. The SMILES string of the molecule is O=C(O)c1cc(=O)c2c(ccc3c(=O)cc(C(=O)O)oc32)o1. The lowest BCUT2D eigenvalue weighted by molar-refractivity contribution is 0.0654. The van der Waals surface area contributed by atoms with Crippen LogP contribution in [0.15, 0.2) is 42.7 Å². The van der Waals surface area contributed by atoms with Crippen molar-refractivity contribution in [1.82, 2.24) is 0 Å². The standard InChI is InChI=1S/C14H6O8/c15-6-3-10(14(19)20)22-12-5(6)1-2-8-11(12)7(16)4-9(21-8)13(17)18/h1-4H,(H,17,18)(H,19,20). The monoisotopic (exact) mass is 302 g/mol. The van der Waals surface area contributed by atoms with Gasteiger partial charge in [-0.25, -0.2) is 9.59 Å². The van der Waals surface area contributed by atoms with E-state index in [1.165, 1.54) is 12.1 Å². The molecule has 110 valence electrons. The molecule has 0 saturated carbocycles. The maximum atomic E-state index is 12.1. The topological polar surface area (TPSA) is 135 Å². The summed E-state index contributed by atoms with van der Waals surface area (Å²) in [5, 5.41) is 17.6. The Kier molecular flexibility index (Phi) is 2.81. The Balaban J connectivity index is 2.55. The molecule has 0 unspecified atom stereocenters. The second-order valence-corrected chi connectivity index (χ2v) is 4.38. The van der Waals surface area contributed by atoms with Crippen LogP contribution in [0.2, 0.25) is 0 Å². The van der Waals surface area contributed by atoms with Gasteiger partial charge in [0.2, 0.25) is 11.5 Å². The highest BCUT2D eigenvalue weighted by Crippen LogP contribution is 2.22. The van der Waals surface area contributed by atoms with Crippen LogP contribution in [-0.4, -0.2) is 22.2 Å². The van der Waals surface area contributed by atoms with Gasteiger partial charge in [0.05, 0.1) is 5.39 Å². The molecule has 3 aromatic rings. The van der Waals surface area contributed by atoms with Crippen LogP contribution in [0.25, 0.3) is 21.9 Å². The van der Waals surface area contributed by atoms with Crippen LogP contribution in [0.1, 0.15) is 21.1 Å². The van der Waals surface area contributed by atoms with E-state index < -0.39 is 34.3 Å². The zero-order valence-corrected chi connectivity index (χ0v) is 10.7. The summed E-state index contributed by atoms with van der Waals surface area (Å²) in [5.74, 6) is -4.11. The summed E-state index contributed by atoms with van der Waals surface area (Å²) in [7, 11) is 0. The third-order valence-corrected chi connectivity index (χ3v) is 3.01. The van der Waals surface area contributed by atoms with Gasteiger partial charge in [0.1, 0.15) is 11.0 Å². The number of carboxylic acid groups (broad SMARTS) is 2. The fourth-order valence-corrected chi connectivity index (χ4v) is 2.07. The predicted octanol–water partition coefficient (Wildman–Crippen LogP) is 1.30. The largest absolute Gasteiger partial charge is 0.475 e. The Morgan fingerprint density at radius 2 is 1.45 bits per heavy atom. The molecule has 2 heterocycles. The van der Waals surface area contributed by atoms with Crippen molar-refractivity contribution in [2.45, 2.75) is 0 Å². The molecule has 0 aliphatic heterocycles. The van der Waals surface area contributed by atoms with E-state index in [1.807, 2.05) is 0 Å². The van der Waals surface area contributed by atoms with Crippen LogP contribution in [0, 0.1) is 0 Å². The Morgan fingerprint density at radius 1 is 0.864 bits per heavy atom. The maximum Gasteiger partial charge on any atom is 0.371 e. The first kappa shape index (κ1) is 13.6. The number of hydrogen-bond donors (Lipinski definition) is 2. The van der Waals surface area contributed by atoms with Crippen molar-refractivity contribution in [3.63, 3.8) is 0 Å². The summed E-state index contributed by atoms with van der Waals surface area (Å²) in [6.45, 7) is 0. The molecule has 0 spiro atoms. The number of benzene rings is 1. The lowest BCUT2D eigenvalue weighted by Crippen LogP contribution is -2.10. The molecule has 3 rings (SSSR count). The second-order valence-electron chi connectivity index (χ2n) is 4.38. The third-order valence-electron chi connectivity index (χ3n) is 3.01. The smallest absolute Gasteiger partial charge is 0.371 e. The Bertz CT molecular complexity index is 1070. The molecule has 0 saturated heterocycles. The number of aromatic carboxylic acids is 2. The van der Waals surface area contributed by atoms with E-state index in [1.54, 1.807) is 0 Å². The lowest BCUT2D eigenvalue weighted by Gasteiger charge is -2.03. The van der Waals surface area contributed by atoms with Crippen LogP contribution in [-0.2, 0) is 0 Å². The minimum atomic E-state index is -1.47. The summed E-state index contributed by atoms with van der Waals surface area (Å²) in [6, 6.07) is 4.05. The summed E-state index contributed by atoms with van der Waals surface area (Å²) < 4.78 is 10.1. The molecule has 2 N–H and O–H groups in total. The van der Waals surface area contributed by atoms with Gasteiger partial charge < -0.3 is 19.0 Å². The van der Waals surface area contributed by atoms with Gasteiger partial charge >= 0.3 is 11.9 Å². The first-order chi connectivity index (χ1) is 10.4. The Labute approximate surface area is 119 Å². The van der Waals surface area contributed by atoms with E-state index in [9.17, 15) is 19.2 Å². The summed E-state index contributed by atoms with van der Waals surface area (Å²) >= 11 is 0. The van der Waals surface area contributed by atoms with E-state index in [2.05, 4.69) is 0 Å². The molecular formula is C14H6O8. The van der Waals surface area contributed by atoms with Crippen molar-refractivity contribution in [2.24, 2.45) is 0 Å². The van der Waals surface area contributed by atoms with Crippen LogP contribution >= 0.6 is 0 Å². The fraction of sp³-hybridized carbons (Fsp3) is 0. The first-order valence-corrected chi connectivity index (χ1v) is 5.90. The Morgan fingerprint density at radius 3 is 2.09 bits per heavy atom. The number of hydrogen-bond acceptors (Lipinski definition) is 6. The molecule has 0 radical (unpaired) electrons. The van der Waals surface area contributed by atoms with Crippen molar-refractivity contribution in [1.29, 1.82) is 0 Å². The summed E-state index contributed by atoms with van der Waals surface area (Å²) in [4.78, 5) is 45.8. The second kappa shape index (κ2) is 4.55. The van der Waals surface area contributed by atoms with Gasteiger partial charge in [-0.1, -0.05) is 0 Å². The van der Waals surface area contributed by atoms with Crippen LogP contribution in [0.5, 0.6) is 0 Å². The molecule has 1 aromatic carbocycles. The molecule has 0 amide bonds. The van der Waals surface area contributed by atoms with Crippen LogP contribution < -0.4 is 10.9 Å². The van der Waals surface area contributed by atoms with E-state index >= 15 is 0 Å². The highest BCUT2D eigenvalue weighted by Gasteiger charge is 2.17. The van der Waals surface area contributed by atoms with E-state index in [-0.39, 0.29) is 21.9 Å². The average Bonchev–Trinajstić information content (AvgIpc) is 2.45. The molecule has 22 heavy (non-hydrogen) atoms. The summed E-state index contributed by atoms with van der Waals surface area (Å²) in [5.41, 5.74) is -1.77. The van der Waals surface area contributed by atoms with Crippen LogP contribution in [0.4, 0.5) is 0 Å². The molecule has 0 aliphatic carbocycles. The van der Waals surface area contributed by atoms with E-state index in [4.69, 9.17) is 19.0 Å². The van der Waals surface area contributed by atoms with Crippen molar-refractivity contribution >= 4 is 33.9 Å². The molecule has 2 aromatic heterocycles. The minimum absolute atomic E-state index is 0.00660. The van der Waals surface area contributed by atoms with Gasteiger partial charge in [-0.2, -0.15) is 0 Å². The Hall–Kier alpha value is -3.42. The van der Waals surface area contributed by atoms with Gasteiger partial charge in [0.25, 0.3) is 0 Å². The number of carbonyl (C=O) groups is 2. The minimum Gasteiger partial charge on any atom is -0.475 e. The van der Waals surface area contributed by atoms with Crippen LogP contribution in [0.3, 0.4) is 0 Å². The average molecular weight is 302 g/mol. The molecule has 0 bridgehead atoms. The summed E-state index contributed by atoms with van der Waals surface area (Å²) in [6.07, 6.45) is 0. The number of fused-ring (bicyclic) bond motifs is 3. The first-order valence-electron chi connectivity index (χ1n) is 5.90. The van der Waals surface area contributed by atoms with Gasteiger partial charge in [-0.3, -0.25) is 9.59 Å². The molecule has 8 heteroatoms. The van der Waals surface area contributed by atoms with Crippen molar-refractivity contribution in [3.8, 4) is 0 Å². The quantitative estimate of drug-likeness (QED) is 0.676. The molecule has 8 nitrogen and oxygen atoms in total. The molecule has 0 aliphatic rings. The fourth-order valence-electron chi connectivity index (χ4n) is 2.07. The van der Waals surface area contributed by atoms with Gasteiger partial charge in [0, 0.05) is 12.1 Å². The lowest BCUT2D eigenvalue weighted by atomic mass is 10.1. The van der Waals surface area contributed by atoms with Gasteiger partial charge in [-0.05, 0) is 12.1 Å². The van der Waals surface area contributed by atoms with Gasteiger partial charge in [-0.15, -0.1) is 0 Å². The van der Waals surface area contributed by atoms with Gasteiger partial charge in [0.15, 0.2) is 16.4 Å². The number of rotatable bonds is 2. The zero-order valence-electron chi connectivity index (χ0n) is 10.7. The van der Waals surface area contributed by atoms with Crippen molar-refractivity contribution in [3.05, 3.63) is 56.2 Å². The molecular weight excluding hydrogens is 296 g/mol. The maximum absolute atomic E-state index is 12.1. The predicted molar refractivity (Wildman–Crippen MR) is 72.4 cm³/mol. The van der Waals surface area contributed by atoms with E-state index in [0.717, 1.165) is 12.1 Å². The normalized spacial score (nSPS) is 10.9. The van der Waals surface area contributed by atoms with E-state index in [0.29, 0.717) is 0 Å². The zero-order chi connectivity index (χ0) is 16.0. The highest BCUT2D eigenvalue weighted by atomic mass is 16.4. The van der Waals surface area contributed by atoms with Crippen molar-refractivity contribution in [2.75, 3.05) is 0 Å². The van der Waals surface area contributed by atoms with Crippen molar-refractivity contribution < 1.29 is 28.6 Å². The molecule has 0 fully saturated rings. The third kappa shape index (κ3) is 1.94.